The Morgan fingerprint density at radius 3 is 2.78 bits per heavy atom. The third kappa shape index (κ3) is 2.04. The predicted octanol–water partition coefficient (Wildman–Crippen LogP) is 2.00. The molecule has 2 aromatic rings. The summed E-state index contributed by atoms with van der Waals surface area (Å²) in [5.74, 6) is -0.680. The number of carbonyl (C=O) groups excluding carboxylic acids is 1. The summed E-state index contributed by atoms with van der Waals surface area (Å²) < 4.78 is 13.2. The van der Waals surface area contributed by atoms with Gasteiger partial charge in [-0.2, -0.15) is 5.10 Å². The summed E-state index contributed by atoms with van der Waals surface area (Å²) in [4.78, 5) is 11.9. The molecule has 1 amide bonds. The molecule has 0 saturated carbocycles. The zero-order valence-electron chi connectivity index (χ0n) is 10.0. The van der Waals surface area contributed by atoms with Crippen LogP contribution in [-0.2, 0) is 0 Å². The topological polar surface area (TPSA) is 83.8 Å². The number of aromatic nitrogens is 2. The number of nitrogen functional groups attached to an aromatic ring is 1. The highest BCUT2D eigenvalue weighted by atomic mass is 19.1. The number of anilines is 2. The first-order valence-corrected chi connectivity index (χ1v) is 5.37. The number of hydrogen-bond donors (Lipinski definition) is 3. The molecule has 5 nitrogen and oxygen atoms in total. The molecule has 0 aliphatic heterocycles. The largest absolute Gasteiger partial charge is 0.396 e. The van der Waals surface area contributed by atoms with Crippen molar-refractivity contribution in [1.82, 2.24) is 10.2 Å². The molecule has 6 heteroatoms. The Morgan fingerprint density at radius 1 is 1.44 bits per heavy atom. The molecule has 4 N–H and O–H groups in total. The second-order valence-electron chi connectivity index (χ2n) is 3.98. The quantitative estimate of drug-likeness (QED) is 0.711. The molecule has 0 bridgehead atoms. The first-order valence-electron chi connectivity index (χ1n) is 5.37. The molecule has 1 aromatic heterocycles. The van der Waals surface area contributed by atoms with Crippen LogP contribution in [0.4, 0.5) is 15.9 Å². The number of benzene rings is 1. The van der Waals surface area contributed by atoms with Crippen molar-refractivity contribution in [1.29, 1.82) is 0 Å². The molecule has 94 valence electrons. The number of nitrogens with zero attached hydrogens (tertiary/aromatic N) is 1. The molecule has 0 aliphatic rings. The summed E-state index contributed by atoms with van der Waals surface area (Å²) in [5.41, 5.74) is 7.13. The van der Waals surface area contributed by atoms with Gasteiger partial charge in [-0.1, -0.05) is 6.07 Å². The van der Waals surface area contributed by atoms with E-state index in [-0.39, 0.29) is 11.3 Å². The fourth-order valence-corrected chi connectivity index (χ4v) is 1.52. The molecular formula is C12H13FN4O. The van der Waals surface area contributed by atoms with Gasteiger partial charge >= 0.3 is 0 Å². The van der Waals surface area contributed by atoms with Gasteiger partial charge in [-0.05, 0) is 26.0 Å². The van der Waals surface area contributed by atoms with E-state index in [1.165, 1.54) is 18.2 Å². The molecule has 1 heterocycles. The van der Waals surface area contributed by atoms with Gasteiger partial charge < -0.3 is 11.1 Å². The Morgan fingerprint density at radius 2 is 2.17 bits per heavy atom. The minimum atomic E-state index is -0.613. The molecule has 18 heavy (non-hydrogen) atoms. The van der Waals surface area contributed by atoms with Crippen LogP contribution in [0.5, 0.6) is 0 Å². The predicted molar refractivity (Wildman–Crippen MR) is 66.8 cm³/mol. The SMILES string of the molecule is Cc1[nH]nc(NC(=O)c2cccc(F)c2N)c1C. The van der Waals surface area contributed by atoms with Crippen LogP contribution in [0.15, 0.2) is 18.2 Å². The van der Waals surface area contributed by atoms with Crippen molar-refractivity contribution >= 4 is 17.4 Å². The number of aryl methyl sites for hydroxylation is 1. The van der Waals surface area contributed by atoms with Gasteiger partial charge in [-0.3, -0.25) is 9.89 Å². The van der Waals surface area contributed by atoms with Gasteiger partial charge in [0.05, 0.1) is 11.3 Å². The summed E-state index contributed by atoms with van der Waals surface area (Å²) in [5, 5.41) is 9.28. The van der Waals surface area contributed by atoms with Crippen molar-refractivity contribution < 1.29 is 9.18 Å². The summed E-state index contributed by atoms with van der Waals surface area (Å²) >= 11 is 0. The number of rotatable bonds is 2. The Kier molecular flexibility index (Phi) is 3.01. The molecule has 0 radical (unpaired) electrons. The smallest absolute Gasteiger partial charge is 0.259 e. The van der Waals surface area contributed by atoms with Crippen molar-refractivity contribution in [3.8, 4) is 0 Å². The minimum absolute atomic E-state index is 0.0926. The van der Waals surface area contributed by atoms with Crippen molar-refractivity contribution in [3.05, 3.63) is 40.8 Å². The number of aromatic amines is 1. The molecule has 0 fully saturated rings. The summed E-state index contributed by atoms with van der Waals surface area (Å²) in [6, 6.07) is 4.10. The van der Waals surface area contributed by atoms with Crippen molar-refractivity contribution in [2.45, 2.75) is 13.8 Å². The zero-order chi connectivity index (χ0) is 13.3. The number of hydrogen-bond acceptors (Lipinski definition) is 3. The van der Waals surface area contributed by atoms with Crippen LogP contribution in [0.2, 0.25) is 0 Å². The van der Waals surface area contributed by atoms with E-state index >= 15 is 0 Å². The van der Waals surface area contributed by atoms with Crippen LogP contribution in [0.25, 0.3) is 0 Å². The van der Waals surface area contributed by atoms with E-state index in [1.807, 2.05) is 13.8 Å². The molecule has 0 atom stereocenters. The van der Waals surface area contributed by atoms with Crippen LogP contribution in [0.1, 0.15) is 21.6 Å². The van der Waals surface area contributed by atoms with E-state index in [0.717, 1.165) is 11.3 Å². The van der Waals surface area contributed by atoms with Crippen LogP contribution in [0.3, 0.4) is 0 Å². The Labute approximate surface area is 103 Å². The lowest BCUT2D eigenvalue weighted by molar-refractivity contribution is 0.102. The van der Waals surface area contributed by atoms with Crippen molar-refractivity contribution in [3.63, 3.8) is 0 Å². The van der Waals surface area contributed by atoms with Crippen molar-refractivity contribution in [2.75, 3.05) is 11.1 Å². The van der Waals surface area contributed by atoms with Crippen LogP contribution >= 0.6 is 0 Å². The number of H-pyrrole nitrogens is 1. The number of halogens is 1. The molecule has 0 saturated heterocycles. The zero-order valence-corrected chi connectivity index (χ0v) is 10.0. The maximum absolute atomic E-state index is 13.2. The fraction of sp³-hybridized carbons (Fsp3) is 0.167. The third-order valence-electron chi connectivity index (χ3n) is 2.78. The van der Waals surface area contributed by atoms with Gasteiger partial charge in [0.2, 0.25) is 0 Å². The average molecular weight is 248 g/mol. The summed E-state index contributed by atoms with van der Waals surface area (Å²) in [7, 11) is 0. The number of amides is 1. The summed E-state index contributed by atoms with van der Waals surface area (Å²) in [6.45, 7) is 3.66. The van der Waals surface area contributed by atoms with Crippen LogP contribution < -0.4 is 11.1 Å². The molecule has 0 spiro atoms. The standard InChI is InChI=1S/C12H13FN4O/c1-6-7(2)16-17-11(6)15-12(18)8-4-3-5-9(13)10(8)14/h3-5H,14H2,1-2H3,(H2,15,16,17,18). The number of nitrogens with one attached hydrogen (secondary N) is 2. The minimum Gasteiger partial charge on any atom is -0.396 e. The van der Waals surface area contributed by atoms with Gasteiger partial charge in [-0.25, -0.2) is 4.39 Å². The van der Waals surface area contributed by atoms with E-state index in [1.54, 1.807) is 0 Å². The molecule has 2 rings (SSSR count). The summed E-state index contributed by atoms with van der Waals surface area (Å²) in [6.07, 6.45) is 0. The highest BCUT2D eigenvalue weighted by molar-refractivity contribution is 6.07. The lowest BCUT2D eigenvalue weighted by atomic mass is 10.1. The van der Waals surface area contributed by atoms with E-state index in [4.69, 9.17) is 5.73 Å². The maximum atomic E-state index is 13.2. The van der Waals surface area contributed by atoms with E-state index in [9.17, 15) is 9.18 Å². The van der Waals surface area contributed by atoms with Gasteiger partial charge in [0.15, 0.2) is 5.82 Å². The highest BCUT2D eigenvalue weighted by Gasteiger charge is 2.15. The lowest BCUT2D eigenvalue weighted by Gasteiger charge is -2.06. The first kappa shape index (κ1) is 12.1. The van der Waals surface area contributed by atoms with Crippen LogP contribution in [-0.4, -0.2) is 16.1 Å². The van der Waals surface area contributed by atoms with Gasteiger partial charge in [0.1, 0.15) is 5.82 Å². The number of carbonyl (C=O) groups is 1. The van der Waals surface area contributed by atoms with Gasteiger partial charge in [0.25, 0.3) is 5.91 Å². The Bertz CT molecular complexity index is 606. The number of nitrogens with two attached hydrogens (primary N) is 1. The van der Waals surface area contributed by atoms with Crippen molar-refractivity contribution in [2.24, 2.45) is 0 Å². The Hall–Kier alpha value is -2.37. The molecule has 1 aromatic carbocycles. The lowest BCUT2D eigenvalue weighted by Crippen LogP contribution is -2.15. The second kappa shape index (κ2) is 4.48. The van der Waals surface area contributed by atoms with Gasteiger partial charge in [-0.15, -0.1) is 0 Å². The maximum Gasteiger partial charge on any atom is 0.259 e. The second-order valence-corrected chi connectivity index (χ2v) is 3.98. The molecule has 0 unspecified atom stereocenters. The molecular weight excluding hydrogens is 235 g/mol. The fourth-order valence-electron chi connectivity index (χ4n) is 1.52. The normalized spacial score (nSPS) is 10.4. The van der Waals surface area contributed by atoms with E-state index < -0.39 is 11.7 Å². The van der Waals surface area contributed by atoms with E-state index in [0.29, 0.717) is 5.82 Å². The number of para-hydroxylation sites is 1. The van der Waals surface area contributed by atoms with Gasteiger partial charge in [0, 0.05) is 11.3 Å². The average Bonchev–Trinajstić information content (AvgIpc) is 2.64. The van der Waals surface area contributed by atoms with Crippen LogP contribution in [0, 0.1) is 19.7 Å². The highest BCUT2D eigenvalue weighted by Crippen LogP contribution is 2.19. The molecule has 0 aliphatic carbocycles. The first-order chi connectivity index (χ1) is 8.50. The monoisotopic (exact) mass is 248 g/mol. The third-order valence-corrected chi connectivity index (χ3v) is 2.78. The van der Waals surface area contributed by atoms with E-state index in [2.05, 4.69) is 15.5 Å². The Balaban J connectivity index is 2.28.